The Bertz CT molecular complexity index is 979. The van der Waals surface area contributed by atoms with Gasteiger partial charge in [0.15, 0.2) is 9.04 Å². The van der Waals surface area contributed by atoms with Crippen molar-refractivity contribution in [2.24, 2.45) is 17.3 Å². The van der Waals surface area contributed by atoms with Crippen LogP contribution < -0.4 is 10.2 Å². The van der Waals surface area contributed by atoms with Crippen molar-refractivity contribution in [1.29, 1.82) is 0 Å². The van der Waals surface area contributed by atoms with E-state index in [9.17, 15) is 9.18 Å². The zero-order valence-electron chi connectivity index (χ0n) is 19.5. The van der Waals surface area contributed by atoms with Gasteiger partial charge in [-0.15, -0.1) is 0 Å². The first-order valence-corrected chi connectivity index (χ1v) is 14.1. The lowest BCUT2D eigenvalue weighted by molar-refractivity contribution is 0.137. The van der Waals surface area contributed by atoms with Gasteiger partial charge < -0.3 is 14.1 Å². The van der Waals surface area contributed by atoms with Crippen molar-refractivity contribution in [1.82, 2.24) is 0 Å². The van der Waals surface area contributed by atoms with Crippen molar-refractivity contribution in [2.45, 2.75) is 46.1 Å². The number of rotatable bonds is 6. The van der Waals surface area contributed by atoms with E-state index in [1.807, 2.05) is 30.3 Å². The fraction of sp³-hybridized carbons (Fsp3) is 0.480. The second-order valence-electron chi connectivity index (χ2n) is 10.3. The molecule has 1 aliphatic carbocycles. The summed E-state index contributed by atoms with van der Waals surface area (Å²) in [5.41, 5.74) is 1.85. The molecule has 1 saturated carbocycles. The molecule has 2 aromatic carbocycles. The van der Waals surface area contributed by atoms with E-state index in [1.165, 1.54) is 6.07 Å². The highest BCUT2D eigenvalue weighted by atomic mass is 28.3. The van der Waals surface area contributed by atoms with Gasteiger partial charge in [-0.3, -0.25) is 5.32 Å². The minimum atomic E-state index is -1.23. The van der Waals surface area contributed by atoms with Crippen LogP contribution in [-0.2, 0) is 15.8 Å². The van der Waals surface area contributed by atoms with Crippen molar-refractivity contribution in [3.63, 3.8) is 0 Å². The molecular weight excluding hydrogens is 423 g/mol. The Balaban J connectivity index is 1.39. The summed E-state index contributed by atoms with van der Waals surface area (Å²) in [5.74, 6) is 0.587. The number of anilines is 2. The zero-order chi connectivity index (χ0) is 23.1. The fourth-order valence-electron chi connectivity index (χ4n) is 5.44. The molecule has 0 aromatic heterocycles. The Kier molecular flexibility index (Phi) is 6.07. The molecule has 3 atom stereocenters. The molecule has 172 valence electrons. The first-order valence-electron chi connectivity index (χ1n) is 11.3. The Morgan fingerprint density at radius 3 is 2.56 bits per heavy atom. The van der Waals surface area contributed by atoms with E-state index < -0.39 is 15.1 Å². The van der Waals surface area contributed by atoms with E-state index in [-0.39, 0.29) is 23.4 Å². The molecule has 2 aliphatic rings. The molecule has 2 aromatic rings. The number of ether oxygens (including phenoxy) is 1. The van der Waals surface area contributed by atoms with Crippen LogP contribution in [0.1, 0.15) is 26.3 Å². The summed E-state index contributed by atoms with van der Waals surface area (Å²) in [7, 11) is -1.23. The van der Waals surface area contributed by atoms with E-state index in [4.69, 9.17) is 9.16 Å². The largest absolute Gasteiger partial charge is 0.444 e. The van der Waals surface area contributed by atoms with Crippen LogP contribution in [0, 0.1) is 23.1 Å². The summed E-state index contributed by atoms with van der Waals surface area (Å²) in [4.78, 5) is 14.2. The molecule has 0 radical (unpaired) electrons. The predicted octanol–water partition coefficient (Wildman–Crippen LogP) is 5.43. The second-order valence-corrected chi connectivity index (χ2v) is 12.6. The van der Waals surface area contributed by atoms with Gasteiger partial charge in [-0.2, -0.15) is 0 Å². The summed E-state index contributed by atoms with van der Waals surface area (Å²) < 4.78 is 26.8. The van der Waals surface area contributed by atoms with E-state index in [1.54, 1.807) is 12.1 Å². The smallest absolute Gasteiger partial charge is 0.411 e. The van der Waals surface area contributed by atoms with Crippen molar-refractivity contribution >= 4 is 26.5 Å². The van der Waals surface area contributed by atoms with Gasteiger partial charge in [-0.1, -0.05) is 51.1 Å². The number of piperidine rings is 1. The standard InChI is InChI=1S/C25H33FN2O3Si/c1-24(2,3)22-19-14-28(16-25(19,22)31-32(4)5)21-12-11-18(13-20(21)26)27-23(29)30-15-17-9-7-6-8-10-17/h6-13,19,22,32H,14-16H2,1-5H3,(H,27,29)/t19-,22+,25+/m0/s1. The highest BCUT2D eigenvalue weighted by Crippen LogP contribution is 2.65. The van der Waals surface area contributed by atoms with Gasteiger partial charge in [-0.05, 0) is 42.3 Å². The number of hydrogen-bond acceptors (Lipinski definition) is 4. The number of benzene rings is 2. The predicted molar refractivity (Wildman–Crippen MR) is 128 cm³/mol. The van der Waals surface area contributed by atoms with Crippen LogP contribution in [0.25, 0.3) is 0 Å². The average Bonchev–Trinajstić information content (AvgIpc) is 3.17. The van der Waals surface area contributed by atoms with Crippen LogP contribution in [0.3, 0.4) is 0 Å². The third kappa shape index (κ3) is 4.54. The topological polar surface area (TPSA) is 50.8 Å². The molecule has 7 heteroatoms. The number of halogens is 1. The molecule has 4 rings (SSSR count). The molecule has 0 unspecified atom stereocenters. The van der Waals surface area contributed by atoms with Gasteiger partial charge in [0.2, 0.25) is 0 Å². The maximum absolute atomic E-state index is 15.0. The van der Waals surface area contributed by atoms with Gasteiger partial charge in [-0.25, -0.2) is 9.18 Å². The summed E-state index contributed by atoms with van der Waals surface area (Å²) in [6, 6.07) is 14.2. The summed E-state index contributed by atoms with van der Waals surface area (Å²) >= 11 is 0. The van der Waals surface area contributed by atoms with Gasteiger partial charge in [0, 0.05) is 30.6 Å². The average molecular weight is 457 g/mol. The molecule has 1 saturated heterocycles. The molecular formula is C25H33FN2O3Si. The number of nitrogens with one attached hydrogen (secondary N) is 1. The Labute approximate surface area is 191 Å². The van der Waals surface area contributed by atoms with E-state index >= 15 is 0 Å². The van der Waals surface area contributed by atoms with Crippen LogP contribution in [0.5, 0.6) is 0 Å². The van der Waals surface area contributed by atoms with E-state index in [2.05, 4.69) is 44.1 Å². The first kappa shape index (κ1) is 22.8. The van der Waals surface area contributed by atoms with E-state index in [0.29, 0.717) is 29.8 Å². The number of nitrogens with zero attached hydrogens (tertiary/aromatic N) is 1. The van der Waals surface area contributed by atoms with Gasteiger partial charge in [0.25, 0.3) is 0 Å². The minimum Gasteiger partial charge on any atom is -0.444 e. The molecule has 1 aliphatic heterocycles. The van der Waals surface area contributed by atoms with Crippen molar-refractivity contribution < 1.29 is 18.3 Å². The van der Waals surface area contributed by atoms with E-state index in [0.717, 1.165) is 12.1 Å². The van der Waals surface area contributed by atoms with Gasteiger partial charge >= 0.3 is 6.09 Å². The summed E-state index contributed by atoms with van der Waals surface area (Å²) in [5, 5.41) is 2.61. The summed E-state index contributed by atoms with van der Waals surface area (Å²) in [6.07, 6.45) is -0.606. The maximum atomic E-state index is 15.0. The van der Waals surface area contributed by atoms with Crippen LogP contribution in [0.15, 0.2) is 48.5 Å². The third-order valence-electron chi connectivity index (χ3n) is 6.44. The van der Waals surface area contributed by atoms with Crippen LogP contribution >= 0.6 is 0 Å². The highest BCUT2D eigenvalue weighted by molar-refractivity contribution is 6.48. The summed E-state index contributed by atoms with van der Waals surface area (Å²) in [6.45, 7) is 12.9. The SMILES string of the molecule is C[SiH](C)O[C@]12CN(c3ccc(NC(=O)OCc4ccccc4)cc3F)C[C@H]1[C@@H]2C(C)(C)C. The van der Waals surface area contributed by atoms with Crippen molar-refractivity contribution in [3.8, 4) is 0 Å². The lowest BCUT2D eigenvalue weighted by atomic mass is 9.86. The van der Waals surface area contributed by atoms with Gasteiger partial charge in [0.05, 0.1) is 11.3 Å². The third-order valence-corrected chi connectivity index (χ3v) is 7.35. The number of hydrogen-bond donors (Lipinski definition) is 1. The Morgan fingerprint density at radius 2 is 1.94 bits per heavy atom. The molecule has 1 heterocycles. The maximum Gasteiger partial charge on any atom is 0.411 e. The molecule has 1 N–H and O–H groups in total. The Morgan fingerprint density at radius 1 is 1.22 bits per heavy atom. The lowest BCUT2D eigenvalue weighted by Gasteiger charge is -2.32. The number of carbonyl (C=O) groups is 1. The minimum absolute atomic E-state index is 0.150. The van der Waals surface area contributed by atoms with Crippen molar-refractivity contribution in [3.05, 3.63) is 59.9 Å². The second kappa shape index (κ2) is 8.52. The molecule has 0 bridgehead atoms. The number of carbonyl (C=O) groups excluding carboxylic acids is 1. The van der Waals surface area contributed by atoms with Crippen LogP contribution in [0.2, 0.25) is 13.1 Å². The van der Waals surface area contributed by atoms with Crippen LogP contribution in [-0.4, -0.2) is 33.8 Å². The quantitative estimate of drug-likeness (QED) is 0.589. The van der Waals surface area contributed by atoms with Gasteiger partial charge in [0.1, 0.15) is 12.4 Å². The zero-order valence-corrected chi connectivity index (χ0v) is 20.7. The molecule has 2 fully saturated rings. The number of fused-ring (bicyclic) bond motifs is 1. The Hall–Kier alpha value is -2.38. The fourth-order valence-corrected chi connectivity index (χ4v) is 6.72. The van der Waals surface area contributed by atoms with Crippen LogP contribution in [0.4, 0.5) is 20.6 Å². The molecule has 32 heavy (non-hydrogen) atoms. The molecule has 5 nitrogen and oxygen atoms in total. The highest BCUT2D eigenvalue weighted by Gasteiger charge is 2.73. The molecule has 1 amide bonds. The number of amides is 1. The van der Waals surface area contributed by atoms with Crippen molar-refractivity contribution in [2.75, 3.05) is 23.3 Å². The normalized spacial score (nSPS) is 24.4. The molecule has 0 spiro atoms. The first-order chi connectivity index (χ1) is 15.1. The lowest BCUT2D eigenvalue weighted by Crippen LogP contribution is -2.38. The monoisotopic (exact) mass is 456 g/mol.